The average Bonchev–Trinajstić information content (AvgIpc) is 3.15. The fourth-order valence-corrected chi connectivity index (χ4v) is 6.40. The maximum absolute atomic E-state index is 13.4. The molecule has 0 aromatic heterocycles. The third kappa shape index (κ3) is 33.9. The fourth-order valence-electron chi connectivity index (χ4n) is 6.40. The molecule has 0 heterocycles. The summed E-state index contributed by atoms with van der Waals surface area (Å²) in [5, 5.41) is 2.84. The third-order valence-electron chi connectivity index (χ3n) is 9.83. The molecule has 0 aromatic carbocycles. The SMILES string of the molecule is CCCCC/C=C\C/C=C\CCCCCCCCN(CCCCCCCC/C=C\C/C=C\CCCCC)C(=O)CC(=O)N(CC)C(=O)NCCCN(C)C. The number of imide groups is 1. The highest BCUT2D eigenvalue weighted by molar-refractivity contribution is 6.03. The van der Waals surface area contributed by atoms with Crippen LogP contribution in [0.2, 0.25) is 0 Å². The zero-order valence-corrected chi connectivity index (χ0v) is 36.1. The second kappa shape index (κ2) is 40.0. The normalized spacial score (nSPS) is 12.0. The molecule has 7 heteroatoms. The smallest absolute Gasteiger partial charge is 0.324 e. The Balaban J connectivity index is 4.60. The summed E-state index contributed by atoms with van der Waals surface area (Å²) >= 11 is 0. The molecule has 0 saturated heterocycles. The van der Waals surface area contributed by atoms with Gasteiger partial charge in [-0.05, 0) is 111 Å². The van der Waals surface area contributed by atoms with E-state index in [0.29, 0.717) is 19.6 Å². The first kappa shape index (κ1) is 51.3. The van der Waals surface area contributed by atoms with Gasteiger partial charge in [0.05, 0.1) is 0 Å². The van der Waals surface area contributed by atoms with Crippen LogP contribution >= 0.6 is 0 Å². The topological polar surface area (TPSA) is 73.0 Å². The number of allylic oxidation sites excluding steroid dienone is 8. The molecule has 312 valence electrons. The van der Waals surface area contributed by atoms with Crippen molar-refractivity contribution in [3.05, 3.63) is 48.6 Å². The van der Waals surface area contributed by atoms with Crippen LogP contribution in [0.3, 0.4) is 0 Å². The van der Waals surface area contributed by atoms with Gasteiger partial charge in [0, 0.05) is 26.2 Å². The summed E-state index contributed by atoms with van der Waals surface area (Å²) in [6, 6.07) is -0.407. The van der Waals surface area contributed by atoms with Gasteiger partial charge >= 0.3 is 6.03 Å². The van der Waals surface area contributed by atoms with Gasteiger partial charge in [0.1, 0.15) is 6.42 Å². The van der Waals surface area contributed by atoms with Gasteiger partial charge < -0.3 is 15.1 Å². The van der Waals surface area contributed by atoms with Gasteiger partial charge in [-0.1, -0.05) is 140 Å². The van der Waals surface area contributed by atoms with Gasteiger partial charge in [0.25, 0.3) is 0 Å². The summed E-state index contributed by atoms with van der Waals surface area (Å²) in [6.45, 7) is 9.26. The van der Waals surface area contributed by atoms with Gasteiger partial charge in [-0.3, -0.25) is 14.5 Å². The molecule has 0 bridgehead atoms. The Morgan fingerprint density at radius 1 is 0.463 bits per heavy atom. The lowest BCUT2D eigenvalue weighted by Crippen LogP contribution is -2.46. The number of hydrogen-bond acceptors (Lipinski definition) is 4. The summed E-state index contributed by atoms with van der Waals surface area (Å²) in [6.07, 6.45) is 47.5. The molecule has 7 nitrogen and oxygen atoms in total. The number of nitrogens with one attached hydrogen (secondary N) is 1. The first-order valence-corrected chi connectivity index (χ1v) is 22.5. The van der Waals surface area contributed by atoms with E-state index in [2.05, 4.69) is 72.7 Å². The summed E-state index contributed by atoms with van der Waals surface area (Å²) in [4.78, 5) is 44.4. The van der Waals surface area contributed by atoms with Crippen molar-refractivity contribution >= 4 is 17.8 Å². The second-order valence-electron chi connectivity index (χ2n) is 15.3. The van der Waals surface area contributed by atoms with Crippen molar-refractivity contribution in [2.75, 3.05) is 46.8 Å². The monoisotopic (exact) mass is 755 g/mol. The maximum Gasteiger partial charge on any atom is 0.324 e. The van der Waals surface area contributed by atoms with Crippen molar-refractivity contribution in [3.63, 3.8) is 0 Å². The molecule has 54 heavy (non-hydrogen) atoms. The Morgan fingerprint density at radius 3 is 1.28 bits per heavy atom. The Kier molecular flexibility index (Phi) is 38.0. The molecule has 0 saturated carbocycles. The first-order valence-electron chi connectivity index (χ1n) is 22.5. The number of hydrogen-bond donors (Lipinski definition) is 1. The van der Waals surface area contributed by atoms with E-state index in [-0.39, 0.29) is 18.9 Å². The Hall–Kier alpha value is -2.67. The number of amides is 4. The van der Waals surface area contributed by atoms with Crippen LogP contribution < -0.4 is 5.32 Å². The van der Waals surface area contributed by atoms with E-state index < -0.39 is 11.9 Å². The predicted molar refractivity (Wildman–Crippen MR) is 234 cm³/mol. The quantitative estimate of drug-likeness (QED) is 0.0389. The standard InChI is InChI=1S/C47H86N4O3/c1-6-9-11-13-15-17-19-21-23-25-27-29-31-33-35-37-42-50(45(52)44-46(53)51(8-3)47(54)48-40-39-41-49(4)5)43-38-36-34-32-30-28-26-24-22-20-18-16-14-12-10-7-2/h15-18,21-24H,6-14,19-20,25-44H2,1-5H3,(H,48,54)/b17-15-,18-16-,23-21-,24-22-. The number of rotatable bonds is 37. The van der Waals surface area contributed by atoms with Crippen molar-refractivity contribution in [1.29, 1.82) is 0 Å². The Bertz CT molecular complexity index is 955. The molecule has 0 radical (unpaired) electrons. The van der Waals surface area contributed by atoms with Gasteiger partial charge in [0.2, 0.25) is 11.8 Å². The maximum atomic E-state index is 13.4. The lowest BCUT2D eigenvalue weighted by atomic mass is 10.1. The number of nitrogens with zero attached hydrogens (tertiary/aromatic N) is 3. The van der Waals surface area contributed by atoms with E-state index in [9.17, 15) is 14.4 Å². The molecule has 1 N–H and O–H groups in total. The van der Waals surface area contributed by atoms with Gasteiger partial charge in [-0.15, -0.1) is 0 Å². The molecule has 0 atom stereocenters. The fraction of sp³-hybridized carbons (Fsp3) is 0.766. The molecular weight excluding hydrogens is 669 g/mol. The second-order valence-corrected chi connectivity index (χ2v) is 15.3. The molecule has 0 unspecified atom stereocenters. The Labute approximate surface area is 334 Å². The van der Waals surface area contributed by atoms with E-state index in [0.717, 1.165) is 64.3 Å². The molecule has 0 rings (SSSR count). The highest BCUT2D eigenvalue weighted by Crippen LogP contribution is 2.13. The van der Waals surface area contributed by atoms with Crippen molar-refractivity contribution in [2.24, 2.45) is 0 Å². The molecule has 0 aliphatic heterocycles. The van der Waals surface area contributed by atoms with Crippen LogP contribution in [0, 0.1) is 0 Å². The summed E-state index contributed by atoms with van der Waals surface area (Å²) in [7, 11) is 3.99. The highest BCUT2D eigenvalue weighted by atomic mass is 16.2. The lowest BCUT2D eigenvalue weighted by Gasteiger charge is -2.25. The average molecular weight is 755 g/mol. The molecule has 0 aromatic rings. The largest absolute Gasteiger partial charge is 0.342 e. The van der Waals surface area contributed by atoms with Crippen molar-refractivity contribution in [3.8, 4) is 0 Å². The minimum absolute atomic E-state index is 0.149. The van der Waals surface area contributed by atoms with E-state index in [1.807, 2.05) is 19.0 Å². The van der Waals surface area contributed by atoms with E-state index >= 15 is 0 Å². The molecule has 0 fully saturated rings. The highest BCUT2D eigenvalue weighted by Gasteiger charge is 2.24. The molecule has 4 amide bonds. The zero-order chi connectivity index (χ0) is 39.7. The molecule has 0 aliphatic rings. The van der Waals surface area contributed by atoms with Gasteiger partial charge in [-0.25, -0.2) is 4.79 Å². The predicted octanol–water partition coefficient (Wildman–Crippen LogP) is 12.3. The van der Waals surface area contributed by atoms with Crippen molar-refractivity contribution in [1.82, 2.24) is 20.0 Å². The minimum atomic E-state index is -0.410. The van der Waals surface area contributed by atoms with E-state index in [1.165, 1.54) is 108 Å². The van der Waals surface area contributed by atoms with Crippen LogP contribution in [0.5, 0.6) is 0 Å². The first-order chi connectivity index (χ1) is 26.4. The third-order valence-corrected chi connectivity index (χ3v) is 9.83. The number of unbranched alkanes of at least 4 members (excludes halogenated alkanes) is 18. The van der Waals surface area contributed by atoms with Crippen LogP contribution in [0.1, 0.15) is 188 Å². The van der Waals surface area contributed by atoms with Crippen LogP contribution in [0.15, 0.2) is 48.6 Å². The van der Waals surface area contributed by atoms with Gasteiger partial charge in [-0.2, -0.15) is 0 Å². The molecule has 0 spiro atoms. The lowest BCUT2D eigenvalue weighted by molar-refractivity contribution is -0.139. The summed E-state index contributed by atoms with van der Waals surface area (Å²) < 4.78 is 0. The van der Waals surface area contributed by atoms with E-state index in [4.69, 9.17) is 0 Å². The molecule has 0 aliphatic carbocycles. The van der Waals surface area contributed by atoms with E-state index in [1.54, 1.807) is 6.92 Å². The summed E-state index contributed by atoms with van der Waals surface area (Å²) in [5.74, 6) is -0.559. The van der Waals surface area contributed by atoms with Gasteiger partial charge in [0.15, 0.2) is 0 Å². The number of carbonyl (C=O) groups excluding carboxylic acids is 3. The Morgan fingerprint density at radius 2 is 0.870 bits per heavy atom. The van der Waals surface area contributed by atoms with Crippen molar-refractivity contribution < 1.29 is 14.4 Å². The number of carbonyl (C=O) groups is 3. The number of urea groups is 1. The summed E-state index contributed by atoms with van der Waals surface area (Å²) in [5.41, 5.74) is 0. The van der Waals surface area contributed by atoms with Crippen LogP contribution in [0.25, 0.3) is 0 Å². The van der Waals surface area contributed by atoms with Crippen LogP contribution in [0.4, 0.5) is 4.79 Å². The minimum Gasteiger partial charge on any atom is -0.342 e. The van der Waals surface area contributed by atoms with Crippen LogP contribution in [-0.4, -0.2) is 79.4 Å². The van der Waals surface area contributed by atoms with Crippen molar-refractivity contribution in [2.45, 2.75) is 188 Å². The van der Waals surface area contributed by atoms with Crippen LogP contribution in [-0.2, 0) is 9.59 Å². The zero-order valence-electron chi connectivity index (χ0n) is 36.1. The molecular formula is C47H86N4O3.